The summed E-state index contributed by atoms with van der Waals surface area (Å²) in [5, 5.41) is 51.4. The quantitative estimate of drug-likeness (QED) is 0.0684. The van der Waals surface area contributed by atoms with Crippen molar-refractivity contribution in [3.63, 3.8) is 0 Å². The number of phenols is 2. The Morgan fingerprint density at radius 1 is 0.696 bits per heavy atom. The normalized spacial score (nSPS) is 14.6. The van der Waals surface area contributed by atoms with Gasteiger partial charge in [0, 0.05) is 19.5 Å². The number of unbranched alkanes of at least 4 members (excludes halogenated alkanes) is 4. The molecule has 2 rings (SSSR count). The van der Waals surface area contributed by atoms with Gasteiger partial charge in [-0.15, -0.1) is 0 Å². The Balaban J connectivity index is 2.31. The number of hydrogen-bond acceptors (Lipinski definition) is 9. The number of amides is 4. The van der Waals surface area contributed by atoms with Crippen LogP contribution in [0.2, 0.25) is 0 Å². The molecule has 0 fully saturated rings. The molecule has 0 bridgehead atoms. The highest BCUT2D eigenvalue weighted by Crippen LogP contribution is 2.18. The van der Waals surface area contributed by atoms with E-state index in [-0.39, 0.29) is 43.1 Å². The molecule has 312 valence electrons. The average Bonchev–Trinajstić information content (AvgIpc) is 3.14. The number of carboxylic acid groups (broad SMARTS) is 1. The molecule has 0 saturated carbocycles. The van der Waals surface area contributed by atoms with Crippen LogP contribution < -0.4 is 21.3 Å². The highest BCUT2D eigenvalue weighted by atomic mass is 16.4. The molecule has 8 N–H and O–H groups in total. The van der Waals surface area contributed by atoms with E-state index in [0.29, 0.717) is 12.0 Å². The van der Waals surface area contributed by atoms with E-state index in [1.807, 2.05) is 13.8 Å². The minimum Gasteiger partial charge on any atom is -0.508 e. The SMILES string of the molecule is CCCCCCC[C@@H](NC)[C@H](O)C(=O)N[C@@H](CC(C)C)C(=O)N(C)[C@H](C(=O)N[C@@H](CCc1ccc(O)cc1)C(=O)N[C@@H](Cc1ccc(O)cc1)C(=O)O)C(C)C. The van der Waals surface area contributed by atoms with Crippen molar-refractivity contribution in [2.45, 2.75) is 135 Å². The number of rotatable bonds is 25. The number of aliphatic hydroxyl groups is 1. The van der Waals surface area contributed by atoms with Gasteiger partial charge in [-0.3, -0.25) is 19.2 Å². The molecular formula is C42H65N5O9. The molecule has 6 atom stereocenters. The molecule has 0 unspecified atom stereocenters. The first-order chi connectivity index (χ1) is 26.5. The Hall–Kier alpha value is -4.69. The Labute approximate surface area is 331 Å². The van der Waals surface area contributed by atoms with Gasteiger partial charge in [0.15, 0.2) is 0 Å². The molecule has 0 aliphatic heterocycles. The predicted octanol–water partition coefficient (Wildman–Crippen LogP) is 3.65. The van der Waals surface area contributed by atoms with Crippen molar-refractivity contribution in [2.75, 3.05) is 14.1 Å². The second-order valence-corrected chi connectivity index (χ2v) is 15.4. The van der Waals surface area contributed by atoms with E-state index in [4.69, 9.17) is 0 Å². The third kappa shape index (κ3) is 15.8. The smallest absolute Gasteiger partial charge is 0.326 e. The van der Waals surface area contributed by atoms with Gasteiger partial charge >= 0.3 is 5.97 Å². The minimum atomic E-state index is -1.40. The highest BCUT2D eigenvalue weighted by molar-refractivity contribution is 5.95. The average molecular weight is 784 g/mol. The molecule has 0 aliphatic carbocycles. The summed E-state index contributed by atoms with van der Waals surface area (Å²) in [6, 6.07) is 7.03. The molecule has 2 aromatic rings. The van der Waals surface area contributed by atoms with Gasteiger partial charge < -0.3 is 46.6 Å². The zero-order valence-corrected chi connectivity index (χ0v) is 34.1. The number of carboxylic acids is 1. The number of aliphatic hydroxyl groups excluding tert-OH is 1. The van der Waals surface area contributed by atoms with Gasteiger partial charge in [0.1, 0.15) is 41.8 Å². The number of phenolic OH excluding ortho intramolecular Hbond substituents is 2. The van der Waals surface area contributed by atoms with E-state index in [1.165, 1.54) is 36.2 Å². The van der Waals surface area contributed by atoms with Gasteiger partial charge in [-0.05, 0) is 80.0 Å². The van der Waals surface area contributed by atoms with Gasteiger partial charge in [-0.1, -0.05) is 91.0 Å². The van der Waals surface area contributed by atoms with Crippen LogP contribution in [0.3, 0.4) is 0 Å². The van der Waals surface area contributed by atoms with Crippen LogP contribution in [0.4, 0.5) is 0 Å². The van der Waals surface area contributed by atoms with Crippen LogP contribution in [-0.4, -0.2) is 105 Å². The minimum absolute atomic E-state index is 0.00579. The van der Waals surface area contributed by atoms with Crippen molar-refractivity contribution in [1.82, 2.24) is 26.2 Å². The zero-order valence-electron chi connectivity index (χ0n) is 34.1. The van der Waals surface area contributed by atoms with E-state index in [1.54, 1.807) is 45.2 Å². The second kappa shape index (κ2) is 24.1. The van der Waals surface area contributed by atoms with Crippen LogP contribution >= 0.6 is 0 Å². The summed E-state index contributed by atoms with van der Waals surface area (Å²) in [5.41, 5.74) is 1.31. The summed E-state index contributed by atoms with van der Waals surface area (Å²) >= 11 is 0. The number of nitrogens with zero attached hydrogens (tertiary/aromatic N) is 1. The lowest BCUT2D eigenvalue weighted by Gasteiger charge is -2.35. The van der Waals surface area contributed by atoms with Crippen molar-refractivity contribution < 1.29 is 44.4 Å². The second-order valence-electron chi connectivity index (χ2n) is 15.4. The van der Waals surface area contributed by atoms with Crippen molar-refractivity contribution in [2.24, 2.45) is 11.8 Å². The molecule has 14 nitrogen and oxygen atoms in total. The Kier molecular flexibility index (Phi) is 20.4. The van der Waals surface area contributed by atoms with Crippen LogP contribution in [0.15, 0.2) is 48.5 Å². The maximum Gasteiger partial charge on any atom is 0.326 e. The lowest BCUT2D eigenvalue weighted by molar-refractivity contribution is -0.145. The first-order valence-corrected chi connectivity index (χ1v) is 19.8. The third-order valence-corrected chi connectivity index (χ3v) is 9.91. The number of carbonyl (C=O) groups is 5. The Morgan fingerprint density at radius 3 is 1.75 bits per heavy atom. The lowest BCUT2D eigenvalue weighted by atomic mass is 9.96. The summed E-state index contributed by atoms with van der Waals surface area (Å²) < 4.78 is 0. The molecule has 0 heterocycles. The molecule has 2 aromatic carbocycles. The number of hydrogen-bond donors (Lipinski definition) is 8. The largest absolute Gasteiger partial charge is 0.508 e. The Bertz CT molecular complexity index is 1530. The number of likely N-dealkylation sites (N-methyl/N-ethyl adjacent to an activating group) is 2. The van der Waals surface area contributed by atoms with Gasteiger partial charge in [0.25, 0.3) is 5.91 Å². The van der Waals surface area contributed by atoms with Crippen molar-refractivity contribution >= 4 is 29.6 Å². The summed E-state index contributed by atoms with van der Waals surface area (Å²) in [6.07, 6.45) is 4.80. The molecule has 0 spiro atoms. The van der Waals surface area contributed by atoms with Crippen molar-refractivity contribution in [1.29, 1.82) is 0 Å². The van der Waals surface area contributed by atoms with Crippen molar-refractivity contribution in [3.05, 3.63) is 59.7 Å². The van der Waals surface area contributed by atoms with Crippen LogP contribution in [-0.2, 0) is 36.8 Å². The van der Waals surface area contributed by atoms with E-state index >= 15 is 0 Å². The molecule has 0 radical (unpaired) electrons. The number of aryl methyl sites for hydroxylation is 1. The summed E-state index contributed by atoms with van der Waals surface area (Å²) in [5.74, 6) is -4.35. The fourth-order valence-corrected chi connectivity index (χ4v) is 6.71. The number of nitrogens with one attached hydrogen (secondary N) is 4. The maximum absolute atomic E-state index is 14.1. The fraction of sp³-hybridized carbons (Fsp3) is 0.595. The number of carbonyl (C=O) groups excluding carboxylic acids is 4. The summed E-state index contributed by atoms with van der Waals surface area (Å²) in [6.45, 7) is 9.41. The molecule has 0 aliphatic rings. The molecule has 14 heteroatoms. The highest BCUT2D eigenvalue weighted by Gasteiger charge is 2.37. The van der Waals surface area contributed by atoms with E-state index in [9.17, 15) is 44.4 Å². The fourth-order valence-electron chi connectivity index (χ4n) is 6.71. The lowest BCUT2D eigenvalue weighted by Crippen LogP contribution is -2.60. The van der Waals surface area contributed by atoms with Crippen LogP contribution in [0.25, 0.3) is 0 Å². The standard InChI is InChI=1S/C42H65N5O9/c1-8-9-10-11-12-13-32(43-6)37(50)40(53)45-34(24-26(2)3)41(54)47(7)36(27(4)5)39(52)44-33(23-18-28-14-19-30(48)20-15-28)38(51)46-35(42(55)56)25-29-16-21-31(49)22-17-29/h14-17,19-22,26-27,32-37,43,48-50H,8-13,18,23-25H2,1-7H3,(H,44,52)(H,45,53)(H,46,51)(H,55,56)/t32-,33+,34+,35+,36+,37+/m1/s1. The van der Waals surface area contributed by atoms with Gasteiger partial charge in [-0.25, -0.2) is 4.79 Å². The van der Waals surface area contributed by atoms with Gasteiger partial charge in [0.05, 0.1) is 0 Å². The maximum atomic E-state index is 14.1. The van der Waals surface area contributed by atoms with E-state index in [2.05, 4.69) is 28.2 Å². The summed E-state index contributed by atoms with van der Waals surface area (Å²) in [4.78, 5) is 68.9. The Morgan fingerprint density at radius 2 is 1.23 bits per heavy atom. The van der Waals surface area contributed by atoms with Crippen LogP contribution in [0.5, 0.6) is 11.5 Å². The third-order valence-electron chi connectivity index (χ3n) is 9.91. The van der Waals surface area contributed by atoms with Crippen LogP contribution in [0.1, 0.15) is 97.1 Å². The first kappa shape index (κ1) is 47.5. The topological polar surface area (TPSA) is 218 Å². The van der Waals surface area contributed by atoms with Gasteiger partial charge in [-0.2, -0.15) is 0 Å². The first-order valence-electron chi connectivity index (χ1n) is 19.8. The summed E-state index contributed by atoms with van der Waals surface area (Å²) in [7, 11) is 3.14. The van der Waals surface area contributed by atoms with Gasteiger partial charge in [0.2, 0.25) is 17.7 Å². The predicted molar refractivity (Wildman–Crippen MR) is 215 cm³/mol. The molecule has 0 saturated heterocycles. The molecular weight excluding hydrogens is 718 g/mol. The van der Waals surface area contributed by atoms with Crippen LogP contribution in [0, 0.1) is 11.8 Å². The number of aliphatic carboxylic acids is 1. The van der Waals surface area contributed by atoms with E-state index in [0.717, 1.165) is 37.7 Å². The van der Waals surface area contributed by atoms with E-state index < -0.39 is 71.8 Å². The number of benzene rings is 2. The van der Waals surface area contributed by atoms with Crippen molar-refractivity contribution in [3.8, 4) is 11.5 Å². The molecule has 4 amide bonds. The number of aromatic hydroxyl groups is 2. The molecule has 0 aromatic heterocycles. The monoisotopic (exact) mass is 783 g/mol. The molecule has 56 heavy (non-hydrogen) atoms. The zero-order chi connectivity index (χ0) is 41.9.